The molecule has 1 aliphatic rings. The van der Waals surface area contributed by atoms with Crippen molar-refractivity contribution in [2.75, 3.05) is 38.1 Å². The van der Waals surface area contributed by atoms with E-state index in [2.05, 4.69) is 76.8 Å². The highest BCUT2D eigenvalue weighted by Crippen LogP contribution is 2.25. The number of carbonyl (C=O) groups excluding carboxylic acids is 1. The van der Waals surface area contributed by atoms with Crippen LogP contribution in [0.2, 0.25) is 0 Å². The number of carboxylic acid groups (broad SMARTS) is 1. The zero-order valence-corrected chi connectivity index (χ0v) is 23.8. The van der Waals surface area contributed by atoms with Gasteiger partial charge in [0.25, 0.3) is 5.91 Å². The van der Waals surface area contributed by atoms with Crippen molar-refractivity contribution >= 4 is 17.6 Å². The van der Waals surface area contributed by atoms with Crippen LogP contribution in [0, 0.1) is 6.92 Å². The Morgan fingerprint density at radius 3 is 2.30 bits per heavy atom. The van der Waals surface area contributed by atoms with Crippen molar-refractivity contribution in [2.24, 2.45) is 0 Å². The number of anilines is 1. The van der Waals surface area contributed by atoms with Gasteiger partial charge in [0.05, 0.1) is 23.3 Å². The molecular formula is C30H33N9O4. The van der Waals surface area contributed by atoms with E-state index < -0.39 is 5.97 Å². The van der Waals surface area contributed by atoms with Crippen LogP contribution in [-0.4, -0.2) is 90.6 Å². The highest BCUT2D eigenvalue weighted by molar-refractivity contribution is 5.99. The summed E-state index contributed by atoms with van der Waals surface area (Å²) < 4.78 is 0. The minimum absolute atomic E-state index is 0.00245. The molecule has 3 aromatic heterocycles. The van der Waals surface area contributed by atoms with Crippen LogP contribution in [0.15, 0.2) is 67.3 Å². The Balaban J connectivity index is 0.000000220. The third-order valence-corrected chi connectivity index (χ3v) is 7.21. The highest BCUT2D eigenvalue weighted by Gasteiger charge is 2.18. The van der Waals surface area contributed by atoms with E-state index >= 15 is 0 Å². The number of likely N-dealkylation sites (N-methyl/N-ethyl adjacent to an activating group) is 1. The normalized spacial score (nSPS) is 13.3. The van der Waals surface area contributed by atoms with Gasteiger partial charge in [0.1, 0.15) is 5.75 Å². The van der Waals surface area contributed by atoms with Gasteiger partial charge in [-0.3, -0.25) is 15.0 Å². The number of phenolic OH excluding ortho intramolecular Hbond substituents is 1. The summed E-state index contributed by atoms with van der Waals surface area (Å²) in [4.78, 5) is 35.0. The molecule has 1 fully saturated rings. The number of rotatable bonds is 7. The van der Waals surface area contributed by atoms with E-state index in [0.717, 1.165) is 43.0 Å². The topological polar surface area (TPSA) is 179 Å². The summed E-state index contributed by atoms with van der Waals surface area (Å²) in [6.45, 7) is 6.43. The summed E-state index contributed by atoms with van der Waals surface area (Å²) >= 11 is 0. The molecule has 222 valence electrons. The molecule has 0 radical (unpaired) electrons. The number of aromatic hydroxyl groups is 1. The van der Waals surface area contributed by atoms with Gasteiger partial charge in [-0.1, -0.05) is 24.3 Å². The molecule has 0 aliphatic carbocycles. The number of H-pyrrole nitrogens is 3. The summed E-state index contributed by atoms with van der Waals surface area (Å²) in [7, 11) is 2.15. The van der Waals surface area contributed by atoms with Crippen LogP contribution in [-0.2, 0) is 6.54 Å². The highest BCUT2D eigenvalue weighted by atomic mass is 16.4. The van der Waals surface area contributed by atoms with Gasteiger partial charge >= 0.3 is 5.97 Å². The van der Waals surface area contributed by atoms with Crippen LogP contribution in [0.3, 0.4) is 0 Å². The third-order valence-electron chi connectivity index (χ3n) is 7.21. The molecule has 43 heavy (non-hydrogen) atoms. The first-order valence-electron chi connectivity index (χ1n) is 13.7. The number of imidazole rings is 1. The van der Waals surface area contributed by atoms with Crippen LogP contribution in [0.5, 0.6) is 5.75 Å². The minimum atomic E-state index is -1.06. The number of amides is 1. The van der Waals surface area contributed by atoms with Gasteiger partial charge in [-0.25, -0.2) is 9.78 Å². The van der Waals surface area contributed by atoms with Gasteiger partial charge in [0, 0.05) is 56.4 Å². The number of carbonyl (C=O) groups is 2. The number of aromatic nitrogens is 6. The Kier molecular flexibility index (Phi) is 8.82. The van der Waals surface area contributed by atoms with Crippen molar-refractivity contribution < 1.29 is 19.8 Å². The number of benzene rings is 2. The van der Waals surface area contributed by atoms with E-state index in [1.54, 1.807) is 31.3 Å². The van der Waals surface area contributed by atoms with E-state index in [1.807, 2.05) is 6.07 Å². The molecule has 6 N–H and O–H groups in total. The number of aryl methyl sites for hydroxylation is 1. The van der Waals surface area contributed by atoms with Gasteiger partial charge in [-0.05, 0) is 49.4 Å². The number of piperazine rings is 1. The molecule has 0 unspecified atom stereocenters. The first-order valence-corrected chi connectivity index (χ1v) is 13.7. The number of aromatic amines is 3. The predicted molar refractivity (Wildman–Crippen MR) is 161 cm³/mol. The lowest BCUT2D eigenvalue weighted by atomic mass is 10.1. The molecule has 0 bridgehead atoms. The number of carboxylic acids is 1. The first-order chi connectivity index (χ1) is 20.8. The fraction of sp³-hybridized carbons (Fsp3) is 0.233. The second-order valence-corrected chi connectivity index (χ2v) is 10.2. The number of hydrogen-bond acceptors (Lipinski definition) is 8. The molecule has 6 rings (SSSR count). The Morgan fingerprint density at radius 1 is 0.953 bits per heavy atom. The van der Waals surface area contributed by atoms with E-state index in [-0.39, 0.29) is 17.4 Å². The summed E-state index contributed by atoms with van der Waals surface area (Å²) in [5.74, 6) is -1.17. The monoisotopic (exact) mass is 583 g/mol. The number of nitrogens with one attached hydrogen (secondary N) is 4. The molecule has 0 spiro atoms. The molecule has 0 saturated carbocycles. The maximum atomic E-state index is 12.6. The summed E-state index contributed by atoms with van der Waals surface area (Å²) in [5.41, 5.74) is 5.89. The number of nitrogens with zero attached hydrogens (tertiary/aromatic N) is 5. The van der Waals surface area contributed by atoms with Crippen molar-refractivity contribution in [1.29, 1.82) is 0 Å². The Bertz CT molecular complexity index is 1680. The fourth-order valence-electron chi connectivity index (χ4n) is 4.79. The standard InChI is InChI=1S/C22H25N5O2.C8H8N4O2/c1-26-9-11-27(12-10-26)18-7-5-16(6-8-18)14-23-22(29)21-20(15-24-25-21)17-3-2-4-19(28)13-17;1-4-6(10-3-9-4)5-2-11-12-7(5)8(13)14/h2-8,13,15,28H,9-12,14H2,1H3,(H,23,29)(H,24,25);2-3H,1H3,(H,9,10)(H,11,12)(H,13,14). The number of phenols is 1. The Hall–Kier alpha value is -5.43. The van der Waals surface area contributed by atoms with Gasteiger partial charge in [-0.2, -0.15) is 10.2 Å². The SMILES string of the molecule is CN1CCN(c2ccc(CNC(=O)c3n[nH]cc3-c3cccc(O)c3)cc2)CC1.Cc1nc[nH]c1-c1c[nH]nc1C(=O)O. The van der Waals surface area contributed by atoms with Crippen LogP contribution in [0.4, 0.5) is 5.69 Å². The van der Waals surface area contributed by atoms with Gasteiger partial charge in [-0.15, -0.1) is 0 Å². The van der Waals surface area contributed by atoms with E-state index in [4.69, 9.17) is 5.11 Å². The molecule has 13 heteroatoms. The predicted octanol–water partition coefficient (Wildman–Crippen LogP) is 3.27. The number of aromatic carboxylic acids is 1. The molecule has 1 amide bonds. The van der Waals surface area contributed by atoms with E-state index in [1.165, 1.54) is 18.2 Å². The summed E-state index contributed by atoms with van der Waals surface area (Å²) in [6.07, 6.45) is 4.71. The van der Waals surface area contributed by atoms with Gasteiger partial charge in [0.15, 0.2) is 11.4 Å². The van der Waals surface area contributed by atoms with Crippen molar-refractivity contribution in [3.05, 3.63) is 89.9 Å². The minimum Gasteiger partial charge on any atom is -0.508 e. The molecular weight excluding hydrogens is 550 g/mol. The zero-order valence-electron chi connectivity index (χ0n) is 23.8. The van der Waals surface area contributed by atoms with E-state index in [0.29, 0.717) is 29.1 Å². The third kappa shape index (κ3) is 6.90. The van der Waals surface area contributed by atoms with Gasteiger partial charge in [0.2, 0.25) is 0 Å². The quantitative estimate of drug-likeness (QED) is 0.168. The van der Waals surface area contributed by atoms with Crippen LogP contribution >= 0.6 is 0 Å². The van der Waals surface area contributed by atoms with E-state index in [9.17, 15) is 14.7 Å². The van der Waals surface area contributed by atoms with Gasteiger partial charge < -0.3 is 30.3 Å². The summed E-state index contributed by atoms with van der Waals surface area (Å²) in [5, 5.41) is 34.4. The molecule has 1 saturated heterocycles. The van der Waals surface area contributed by atoms with Crippen LogP contribution in [0.1, 0.15) is 32.2 Å². The second-order valence-electron chi connectivity index (χ2n) is 10.2. The zero-order chi connectivity index (χ0) is 30.3. The lowest BCUT2D eigenvalue weighted by molar-refractivity contribution is 0.0691. The Morgan fingerprint density at radius 2 is 1.65 bits per heavy atom. The summed E-state index contributed by atoms with van der Waals surface area (Å²) in [6, 6.07) is 15.1. The molecule has 13 nitrogen and oxygen atoms in total. The fourth-order valence-corrected chi connectivity index (χ4v) is 4.79. The Labute approximate surface area is 247 Å². The molecule has 5 aromatic rings. The van der Waals surface area contributed by atoms with Crippen LogP contribution < -0.4 is 10.2 Å². The van der Waals surface area contributed by atoms with Crippen molar-refractivity contribution in [2.45, 2.75) is 13.5 Å². The second kappa shape index (κ2) is 13.0. The van der Waals surface area contributed by atoms with Crippen LogP contribution in [0.25, 0.3) is 22.4 Å². The molecule has 1 aliphatic heterocycles. The van der Waals surface area contributed by atoms with Crippen molar-refractivity contribution in [3.63, 3.8) is 0 Å². The van der Waals surface area contributed by atoms with Crippen molar-refractivity contribution in [1.82, 2.24) is 40.6 Å². The lowest BCUT2D eigenvalue weighted by Crippen LogP contribution is -2.44. The molecule has 2 aromatic carbocycles. The maximum absolute atomic E-state index is 12.6. The average molecular weight is 584 g/mol. The largest absolute Gasteiger partial charge is 0.508 e. The maximum Gasteiger partial charge on any atom is 0.357 e. The molecule has 4 heterocycles. The number of hydrogen-bond donors (Lipinski definition) is 6. The molecule has 0 atom stereocenters. The first kappa shape index (κ1) is 29.1. The lowest BCUT2D eigenvalue weighted by Gasteiger charge is -2.34. The average Bonchev–Trinajstić information content (AvgIpc) is 3.78. The smallest absolute Gasteiger partial charge is 0.357 e. The van der Waals surface area contributed by atoms with Crippen molar-refractivity contribution in [3.8, 4) is 28.1 Å².